The fraction of sp³-hybridized carbons (Fsp3) is 0.217. The van der Waals surface area contributed by atoms with Gasteiger partial charge in [0.2, 0.25) is 5.91 Å². The zero-order chi connectivity index (χ0) is 20.8. The lowest BCUT2D eigenvalue weighted by molar-refractivity contribution is -0.117. The number of aromatic nitrogens is 4. The summed E-state index contributed by atoms with van der Waals surface area (Å²) in [5.41, 5.74) is 12.8. The number of aryl methyl sites for hydroxylation is 2. The molecule has 2 aromatic heterocycles. The Morgan fingerprint density at radius 2 is 2.03 bits per heavy atom. The molecule has 4 aromatic rings. The molecule has 0 saturated heterocycles. The third-order valence-electron chi connectivity index (χ3n) is 5.64. The van der Waals surface area contributed by atoms with E-state index in [9.17, 15) is 4.79 Å². The van der Waals surface area contributed by atoms with Gasteiger partial charge in [-0.25, -0.2) is 14.6 Å². The highest BCUT2D eigenvalue weighted by atomic mass is 16.2. The summed E-state index contributed by atoms with van der Waals surface area (Å²) in [6, 6.07) is 14.2. The van der Waals surface area contributed by atoms with Crippen LogP contribution in [0.25, 0.3) is 22.3 Å². The van der Waals surface area contributed by atoms with Crippen LogP contribution in [0, 0.1) is 6.92 Å². The zero-order valence-corrected chi connectivity index (χ0v) is 17.0. The third kappa shape index (κ3) is 2.99. The molecule has 1 aliphatic heterocycles. The van der Waals surface area contributed by atoms with Crippen LogP contribution in [0.5, 0.6) is 0 Å². The first-order valence-electron chi connectivity index (χ1n) is 9.93. The Morgan fingerprint density at radius 1 is 1.17 bits per heavy atom. The van der Waals surface area contributed by atoms with Crippen molar-refractivity contribution >= 4 is 28.4 Å². The van der Waals surface area contributed by atoms with Gasteiger partial charge in [0.25, 0.3) is 0 Å². The first-order chi connectivity index (χ1) is 14.5. The Bertz CT molecular complexity index is 1290. The van der Waals surface area contributed by atoms with Crippen LogP contribution in [0.1, 0.15) is 16.7 Å². The van der Waals surface area contributed by atoms with Crippen molar-refractivity contribution in [1.29, 1.82) is 0 Å². The second-order valence-corrected chi connectivity index (χ2v) is 7.73. The number of amides is 1. The van der Waals surface area contributed by atoms with E-state index in [1.54, 1.807) is 4.68 Å². The molecule has 5 rings (SSSR count). The highest BCUT2D eigenvalue weighted by Gasteiger charge is 2.26. The molecule has 7 nitrogen and oxygen atoms in total. The molecule has 0 atom stereocenters. The number of carbonyl (C=O) groups is 1. The summed E-state index contributed by atoms with van der Waals surface area (Å²) in [6.07, 6.45) is 2.67. The number of rotatable bonds is 3. The minimum atomic E-state index is 0.119. The van der Waals surface area contributed by atoms with Gasteiger partial charge in [0.1, 0.15) is 17.8 Å². The molecule has 150 valence electrons. The van der Waals surface area contributed by atoms with Crippen LogP contribution in [0.2, 0.25) is 0 Å². The molecule has 0 fully saturated rings. The predicted molar refractivity (Wildman–Crippen MR) is 117 cm³/mol. The van der Waals surface area contributed by atoms with E-state index in [0.29, 0.717) is 24.4 Å². The van der Waals surface area contributed by atoms with E-state index in [2.05, 4.69) is 27.2 Å². The Balaban J connectivity index is 1.47. The van der Waals surface area contributed by atoms with E-state index in [-0.39, 0.29) is 5.91 Å². The first-order valence-corrected chi connectivity index (χ1v) is 9.93. The number of benzene rings is 2. The van der Waals surface area contributed by atoms with Gasteiger partial charge in [-0.1, -0.05) is 35.9 Å². The van der Waals surface area contributed by atoms with Gasteiger partial charge in [0.15, 0.2) is 5.65 Å². The minimum absolute atomic E-state index is 0.119. The van der Waals surface area contributed by atoms with Crippen LogP contribution in [0.3, 0.4) is 0 Å². The lowest BCUT2D eigenvalue weighted by Gasteiger charge is -2.18. The molecule has 2 N–H and O–H groups in total. The van der Waals surface area contributed by atoms with Crippen LogP contribution in [-0.2, 0) is 24.7 Å². The normalized spacial score (nSPS) is 13.1. The van der Waals surface area contributed by atoms with Gasteiger partial charge in [-0.15, -0.1) is 0 Å². The van der Waals surface area contributed by atoms with Crippen molar-refractivity contribution in [3.05, 3.63) is 65.5 Å². The molecule has 0 radical (unpaired) electrons. The number of nitrogens with two attached hydrogens (primary N) is 1. The summed E-state index contributed by atoms with van der Waals surface area (Å²) in [5, 5.41) is 5.37. The van der Waals surface area contributed by atoms with Crippen molar-refractivity contribution in [3.8, 4) is 11.3 Å². The van der Waals surface area contributed by atoms with Crippen LogP contribution in [-0.4, -0.2) is 32.2 Å². The molecule has 0 saturated carbocycles. The van der Waals surface area contributed by atoms with E-state index < -0.39 is 0 Å². The summed E-state index contributed by atoms with van der Waals surface area (Å²) in [5.74, 6) is 0.534. The predicted octanol–water partition coefficient (Wildman–Crippen LogP) is 3.05. The Hall–Kier alpha value is -3.74. The van der Waals surface area contributed by atoms with Gasteiger partial charge in [-0.3, -0.25) is 4.79 Å². The standard InChI is InChI=1S/C23H22N6O/c1-14-4-3-5-15(10-14)11-19(30)29-9-8-16-12-17(6-7-18(16)29)21-20-22(24)25-13-26-23(20)28(2)27-21/h3-7,10,12-13H,8-9,11H2,1-2H3,(H2,24,25,26). The average molecular weight is 398 g/mol. The van der Waals surface area contributed by atoms with E-state index in [1.807, 2.05) is 49.2 Å². The molecular formula is C23H22N6O. The second kappa shape index (κ2) is 6.95. The summed E-state index contributed by atoms with van der Waals surface area (Å²) in [4.78, 5) is 23.2. The number of fused-ring (bicyclic) bond motifs is 2. The van der Waals surface area contributed by atoms with Gasteiger partial charge >= 0.3 is 0 Å². The van der Waals surface area contributed by atoms with E-state index in [1.165, 1.54) is 6.33 Å². The number of nitrogens with zero attached hydrogens (tertiary/aromatic N) is 5. The Morgan fingerprint density at radius 3 is 2.87 bits per heavy atom. The summed E-state index contributed by atoms with van der Waals surface area (Å²) >= 11 is 0. The maximum Gasteiger partial charge on any atom is 0.231 e. The molecule has 0 bridgehead atoms. The molecule has 2 aromatic carbocycles. The van der Waals surface area contributed by atoms with Gasteiger partial charge in [0, 0.05) is 24.8 Å². The van der Waals surface area contributed by atoms with Crippen LogP contribution in [0.4, 0.5) is 11.5 Å². The van der Waals surface area contributed by atoms with Gasteiger partial charge < -0.3 is 10.6 Å². The fourth-order valence-corrected chi connectivity index (χ4v) is 4.21. The quantitative estimate of drug-likeness (QED) is 0.573. The lowest BCUT2D eigenvalue weighted by Crippen LogP contribution is -2.30. The smallest absolute Gasteiger partial charge is 0.231 e. The van der Waals surface area contributed by atoms with Gasteiger partial charge in [0.05, 0.1) is 11.8 Å². The highest BCUT2D eigenvalue weighted by molar-refractivity contribution is 6.00. The van der Waals surface area contributed by atoms with E-state index in [4.69, 9.17) is 5.73 Å². The molecule has 30 heavy (non-hydrogen) atoms. The number of hydrogen-bond donors (Lipinski definition) is 1. The van der Waals surface area contributed by atoms with Gasteiger partial charge in [-0.2, -0.15) is 5.10 Å². The van der Waals surface area contributed by atoms with Crippen molar-refractivity contribution in [2.75, 3.05) is 17.2 Å². The Kier molecular flexibility index (Phi) is 4.24. The second-order valence-electron chi connectivity index (χ2n) is 7.73. The van der Waals surface area contributed by atoms with Crippen LogP contribution in [0.15, 0.2) is 48.8 Å². The van der Waals surface area contributed by atoms with E-state index >= 15 is 0 Å². The monoisotopic (exact) mass is 398 g/mol. The van der Waals surface area contributed by atoms with Crippen molar-refractivity contribution in [2.24, 2.45) is 7.05 Å². The number of nitrogen functional groups attached to an aromatic ring is 1. The molecule has 0 spiro atoms. The maximum absolute atomic E-state index is 12.9. The van der Waals surface area contributed by atoms with Crippen molar-refractivity contribution in [1.82, 2.24) is 19.7 Å². The molecule has 0 unspecified atom stereocenters. The molecular weight excluding hydrogens is 376 g/mol. The Labute approximate surface area is 174 Å². The summed E-state index contributed by atoms with van der Waals surface area (Å²) in [6.45, 7) is 2.73. The average Bonchev–Trinajstić information content (AvgIpc) is 3.30. The van der Waals surface area contributed by atoms with Crippen molar-refractivity contribution in [3.63, 3.8) is 0 Å². The van der Waals surface area contributed by atoms with Crippen molar-refractivity contribution < 1.29 is 4.79 Å². The van der Waals surface area contributed by atoms with Crippen molar-refractivity contribution in [2.45, 2.75) is 19.8 Å². The minimum Gasteiger partial charge on any atom is -0.383 e. The molecule has 0 aliphatic carbocycles. The summed E-state index contributed by atoms with van der Waals surface area (Å²) < 4.78 is 1.72. The zero-order valence-electron chi connectivity index (χ0n) is 17.0. The molecule has 3 heterocycles. The van der Waals surface area contributed by atoms with Crippen LogP contribution < -0.4 is 10.6 Å². The molecule has 1 aliphatic rings. The number of anilines is 2. The first kappa shape index (κ1) is 18.3. The van der Waals surface area contributed by atoms with Crippen LogP contribution >= 0.6 is 0 Å². The number of hydrogen-bond acceptors (Lipinski definition) is 5. The topological polar surface area (TPSA) is 89.9 Å². The largest absolute Gasteiger partial charge is 0.383 e. The fourth-order valence-electron chi connectivity index (χ4n) is 4.21. The maximum atomic E-state index is 12.9. The van der Waals surface area contributed by atoms with E-state index in [0.717, 1.165) is 45.4 Å². The highest BCUT2D eigenvalue weighted by Crippen LogP contribution is 2.35. The molecule has 1 amide bonds. The lowest BCUT2D eigenvalue weighted by atomic mass is 10.0. The van der Waals surface area contributed by atoms with Gasteiger partial charge in [-0.05, 0) is 36.6 Å². The SMILES string of the molecule is Cc1cccc(CC(=O)N2CCc3cc(-c4nn(C)c5ncnc(N)c45)ccc32)c1. The third-order valence-corrected chi connectivity index (χ3v) is 5.64. The number of carbonyl (C=O) groups excluding carboxylic acids is 1. The molecule has 7 heteroatoms. The summed E-state index contributed by atoms with van der Waals surface area (Å²) in [7, 11) is 1.84.